The molecule has 0 N–H and O–H groups in total. The molecule has 0 amide bonds. The standard InChI is InChI=1S/C18H11F7/c1-10(16(19,20)17(21,22)18(23,24)25)11-6-7-15-13(8-11)9-12-4-2-3-5-14(12)15/h2-8H,1,9H2. The summed E-state index contributed by atoms with van der Waals surface area (Å²) >= 11 is 0. The molecule has 3 rings (SSSR count). The summed E-state index contributed by atoms with van der Waals surface area (Å²) in [6, 6.07) is 10.9. The molecule has 0 heterocycles. The Kier molecular flexibility index (Phi) is 3.74. The fourth-order valence-corrected chi connectivity index (χ4v) is 2.88. The van der Waals surface area contributed by atoms with Crippen molar-refractivity contribution in [3.63, 3.8) is 0 Å². The molecular weight excluding hydrogens is 349 g/mol. The molecule has 7 heteroatoms. The highest BCUT2D eigenvalue weighted by atomic mass is 19.4. The van der Waals surface area contributed by atoms with Gasteiger partial charge in [0.25, 0.3) is 0 Å². The Morgan fingerprint density at radius 1 is 0.800 bits per heavy atom. The second kappa shape index (κ2) is 5.34. The molecule has 0 atom stereocenters. The molecule has 0 unspecified atom stereocenters. The van der Waals surface area contributed by atoms with Gasteiger partial charge >= 0.3 is 18.0 Å². The Hall–Kier alpha value is -2.31. The molecule has 0 saturated carbocycles. The number of halogens is 7. The van der Waals surface area contributed by atoms with Crippen molar-refractivity contribution in [3.05, 3.63) is 65.7 Å². The van der Waals surface area contributed by atoms with E-state index in [0.29, 0.717) is 12.0 Å². The van der Waals surface area contributed by atoms with Gasteiger partial charge in [-0.25, -0.2) is 0 Å². The zero-order chi connectivity index (χ0) is 18.6. The minimum atomic E-state index is -6.38. The van der Waals surface area contributed by atoms with Crippen molar-refractivity contribution in [1.29, 1.82) is 0 Å². The van der Waals surface area contributed by atoms with Gasteiger partial charge in [0.2, 0.25) is 0 Å². The van der Waals surface area contributed by atoms with Crippen LogP contribution in [0.5, 0.6) is 0 Å². The zero-order valence-electron chi connectivity index (χ0n) is 12.6. The Labute approximate surface area is 138 Å². The summed E-state index contributed by atoms with van der Waals surface area (Å²) in [5.41, 5.74) is 1.10. The summed E-state index contributed by atoms with van der Waals surface area (Å²) in [6.45, 7) is 2.82. The number of allylic oxidation sites excluding steroid dienone is 1. The molecule has 2 aromatic rings. The van der Waals surface area contributed by atoms with Gasteiger partial charge < -0.3 is 0 Å². The van der Waals surface area contributed by atoms with Crippen LogP contribution in [0.3, 0.4) is 0 Å². The molecule has 0 saturated heterocycles. The molecule has 0 fully saturated rings. The van der Waals surface area contributed by atoms with Crippen LogP contribution in [0.25, 0.3) is 16.7 Å². The third-order valence-corrected chi connectivity index (χ3v) is 4.27. The van der Waals surface area contributed by atoms with Gasteiger partial charge in [-0.1, -0.05) is 49.0 Å². The van der Waals surface area contributed by atoms with Gasteiger partial charge in [0, 0.05) is 5.57 Å². The van der Waals surface area contributed by atoms with Crippen molar-refractivity contribution < 1.29 is 30.7 Å². The summed E-state index contributed by atoms with van der Waals surface area (Å²) in [6.07, 6.45) is -6.00. The summed E-state index contributed by atoms with van der Waals surface area (Å²) in [7, 11) is 0. The van der Waals surface area contributed by atoms with E-state index in [1.807, 2.05) is 12.1 Å². The second-order valence-electron chi connectivity index (χ2n) is 5.83. The van der Waals surface area contributed by atoms with Crippen molar-refractivity contribution in [3.8, 4) is 11.1 Å². The lowest BCUT2D eigenvalue weighted by molar-refractivity contribution is -0.338. The Balaban J connectivity index is 1.99. The van der Waals surface area contributed by atoms with Gasteiger partial charge in [0.1, 0.15) is 0 Å². The van der Waals surface area contributed by atoms with Gasteiger partial charge in [-0.15, -0.1) is 0 Å². The average molecular weight is 360 g/mol. The minimum Gasteiger partial charge on any atom is -0.194 e. The lowest BCUT2D eigenvalue weighted by Crippen LogP contribution is -2.52. The van der Waals surface area contributed by atoms with E-state index in [2.05, 4.69) is 6.58 Å². The molecule has 132 valence electrons. The van der Waals surface area contributed by atoms with Crippen LogP contribution >= 0.6 is 0 Å². The second-order valence-corrected chi connectivity index (χ2v) is 5.83. The Morgan fingerprint density at radius 3 is 2.04 bits per heavy atom. The first-order valence-electron chi connectivity index (χ1n) is 7.20. The first-order chi connectivity index (χ1) is 11.5. The van der Waals surface area contributed by atoms with Crippen LogP contribution in [0.1, 0.15) is 16.7 Å². The summed E-state index contributed by atoms with van der Waals surface area (Å²) in [5.74, 6) is -11.7. The highest BCUT2D eigenvalue weighted by Crippen LogP contribution is 2.52. The maximum absolute atomic E-state index is 13.8. The van der Waals surface area contributed by atoms with Crippen LogP contribution in [0.15, 0.2) is 49.0 Å². The number of benzene rings is 2. The molecule has 0 radical (unpaired) electrons. The largest absolute Gasteiger partial charge is 0.460 e. The van der Waals surface area contributed by atoms with Gasteiger partial charge in [0.05, 0.1) is 0 Å². The third-order valence-electron chi connectivity index (χ3n) is 4.27. The molecule has 0 nitrogen and oxygen atoms in total. The number of fused-ring (bicyclic) bond motifs is 3. The molecule has 25 heavy (non-hydrogen) atoms. The lowest BCUT2D eigenvalue weighted by Gasteiger charge is -2.29. The van der Waals surface area contributed by atoms with E-state index in [0.717, 1.165) is 22.8 Å². The normalized spacial score (nSPS) is 14.2. The van der Waals surface area contributed by atoms with E-state index in [1.165, 1.54) is 12.1 Å². The van der Waals surface area contributed by atoms with Crippen molar-refractivity contribution in [2.45, 2.75) is 24.4 Å². The van der Waals surface area contributed by atoms with Crippen molar-refractivity contribution in [2.24, 2.45) is 0 Å². The van der Waals surface area contributed by atoms with E-state index in [9.17, 15) is 30.7 Å². The van der Waals surface area contributed by atoms with Crippen LogP contribution in [0.2, 0.25) is 0 Å². The third kappa shape index (κ3) is 2.53. The van der Waals surface area contributed by atoms with E-state index >= 15 is 0 Å². The summed E-state index contributed by atoms with van der Waals surface area (Å²) in [5, 5.41) is 0. The summed E-state index contributed by atoms with van der Waals surface area (Å²) in [4.78, 5) is 0. The monoisotopic (exact) mass is 360 g/mol. The van der Waals surface area contributed by atoms with E-state index in [4.69, 9.17) is 0 Å². The van der Waals surface area contributed by atoms with Crippen LogP contribution < -0.4 is 0 Å². The van der Waals surface area contributed by atoms with Crippen molar-refractivity contribution in [2.75, 3.05) is 0 Å². The predicted octanol–water partition coefficient (Wildman–Crippen LogP) is 6.10. The predicted molar refractivity (Wildman–Crippen MR) is 79.7 cm³/mol. The Bertz CT molecular complexity index is 847. The van der Waals surface area contributed by atoms with Gasteiger partial charge in [0.15, 0.2) is 0 Å². The highest BCUT2D eigenvalue weighted by molar-refractivity contribution is 5.80. The molecule has 0 bridgehead atoms. The molecule has 0 aliphatic heterocycles. The summed E-state index contributed by atoms with van der Waals surface area (Å²) < 4.78 is 91.0. The number of hydrogen-bond acceptors (Lipinski definition) is 0. The molecule has 1 aliphatic carbocycles. The quantitative estimate of drug-likeness (QED) is 0.495. The van der Waals surface area contributed by atoms with Gasteiger partial charge in [-0.05, 0) is 34.2 Å². The van der Waals surface area contributed by atoms with Crippen LogP contribution in [0, 0.1) is 0 Å². The highest BCUT2D eigenvalue weighted by Gasteiger charge is 2.73. The molecular formula is C18H11F7. The zero-order valence-corrected chi connectivity index (χ0v) is 12.6. The maximum atomic E-state index is 13.8. The fraction of sp³-hybridized carbons (Fsp3) is 0.222. The fourth-order valence-electron chi connectivity index (χ4n) is 2.88. The number of alkyl halides is 7. The van der Waals surface area contributed by atoms with E-state index in [1.54, 1.807) is 12.1 Å². The van der Waals surface area contributed by atoms with Crippen LogP contribution in [0.4, 0.5) is 30.7 Å². The average Bonchev–Trinajstić information content (AvgIpc) is 2.90. The minimum absolute atomic E-state index is 0.383. The lowest BCUT2D eigenvalue weighted by atomic mass is 9.93. The topological polar surface area (TPSA) is 0 Å². The van der Waals surface area contributed by atoms with Crippen molar-refractivity contribution >= 4 is 5.57 Å². The van der Waals surface area contributed by atoms with Crippen molar-refractivity contribution in [1.82, 2.24) is 0 Å². The van der Waals surface area contributed by atoms with Crippen LogP contribution in [-0.2, 0) is 6.42 Å². The molecule has 0 aromatic heterocycles. The van der Waals surface area contributed by atoms with Gasteiger partial charge in [-0.3, -0.25) is 0 Å². The smallest absolute Gasteiger partial charge is 0.194 e. The first-order valence-corrected chi connectivity index (χ1v) is 7.20. The SMILES string of the molecule is C=C(c1ccc2c(c1)Cc1ccccc1-2)C(F)(F)C(F)(F)C(F)(F)F. The molecule has 0 spiro atoms. The molecule has 2 aromatic carbocycles. The van der Waals surface area contributed by atoms with Gasteiger partial charge in [-0.2, -0.15) is 30.7 Å². The maximum Gasteiger partial charge on any atom is 0.460 e. The molecule has 1 aliphatic rings. The number of hydrogen-bond donors (Lipinski definition) is 0. The Morgan fingerprint density at radius 2 is 1.40 bits per heavy atom. The first kappa shape index (κ1) is 17.5. The van der Waals surface area contributed by atoms with E-state index in [-0.39, 0.29) is 0 Å². The van der Waals surface area contributed by atoms with E-state index < -0.39 is 29.2 Å². The van der Waals surface area contributed by atoms with Crippen LogP contribution in [-0.4, -0.2) is 18.0 Å². The number of rotatable bonds is 3.